The van der Waals surface area contributed by atoms with E-state index in [1.54, 1.807) is 36.7 Å². The predicted molar refractivity (Wildman–Crippen MR) is 112 cm³/mol. The molecule has 1 aromatic heterocycles. The SMILES string of the molecule is C#CCOc1ccc(/C=C2\SC(=S)N(c3cccnc3)C2=O)cc1OCC. The lowest BCUT2D eigenvalue weighted by molar-refractivity contribution is -0.113. The minimum Gasteiger partial charge on any atom is -0.490 e. The third-order valence-electron chi connectivity index (χ3n) is 3.57. The van der Waals surface area contributed by atoms with E-state index in [-0.39, 0.29) is 12.5 Å². The molecule has 0 bridgehead atoms. The zero-order valence-electron chi connectivity index (χ0n) is 14.5. The highest BCUT2D eigenvalue weighted by Crippen LogP contribution is 2.37. The smallest absolute Gasteiger partial charge is 0.270 e. The van der Waals surface area contributed by atoms with Gasteiger partial charge in [-0.2, -0.15) is 0 Å². The number of hydrogen-bond acceptors (Lipinski definition) is 6. The van der Waals surface area contributed by atoms with Gasteiger partial charge in [-0.3, -0.25) is 14.7 Å². The van der Waals surface area contributed by atoms with Gasteiger partial charge in [0.05, 0.1) is 23.4 Å². The summed E-state index contributed by atoms with van der Waals surface area (Å²) < 4.78 is 11.6. The van der Waals surface area contributed by atoms with E-state index in [0.29, 0.717) is 33.0 Å². The van der Waals surface area contributed by atoms with Crippen molar-refractivity contribution in [2.24, 2.45) is 0 Å². The van der Waals surface area contributed by atoms with Crippen molar-refractivity contribution in [1.82, 2.24) is 4.98 Å². The molecule has 2 aromatic rings. The first-order valence-electron chi connectivity index (χ1n) is 8.15. The zero-order valence-corrected chi connectivity index (χ0v) is 16.2. The van der Waals surface area contributed by atoms with Gasteiger partial charge >= 0.3 is 0 Å². The van der Waals surface area contributed by atoms with Crippen molar-refractivity contribution >= 4 is 46.0 Å². The highest BCUT2D eigenvalue weighted by atomic mass is 32.2. The molecule has 3 rings (SSSR count). The summed E-state index contributed by atoms with van der Waals surface area (Å²) in [5.41, 5.74) is 1.45. The van der Waals surface area contributed by atoms with Crippen molar-refractivity contribution in [2.75, 3.05) is 18.1 Å². The fourth-order valence-corrected chi connectivity index (χ4v) is 3.75. The van der Waals surface area contributed by atoms with Crippen molar-refractivity contribution < 1.29 is 14.3 Å². The molecule has 0 saturated carbocycles. The van der Waals surface area contributed by atoms with Gasteiger partial charge in [0.25, 0.3) is 5.91 Å². The monoisotopic (exact) mass is 396 g/mol. The molecule has 1 amide bonds. The fourth-order valence-electron chi connectivity index (χ4n) is 2.45. The van der Waals surface area contributed by atoms with Crippen LogP contribution in [0.3, 0.4) is 0 Å². The van der Waals surface area contributed by atoms with Crippen LogP contribution >= 0.6 is 24.0 Å². The van der Waals surface area contributed by atoms with Crippen molar-refractivity contribution in [3.05, 3.63) is 53.2 Å². The van der Waals surface area contributed by atoms with Crippen LogP contribution in [-0.4, -0.2) is 28.4 Å². The van der Waals surface area contributed by atoms with Crippen LogP contribution in [0.1, 0.15) is 12.5 Å². The van der Waals surface area contributed by atoms with Gasteiger partial charge in [0.1, 0.15) is 6.61 Å². The van der Waals surface area contributed by atoms with Crippen molar-refractivity contribution in [3.63, 3.8) is 0 Å². The summed E-state index contributed by atoms with van der Waals surface area (Å²) in [4.78, 5) is 18.8. The minimum absolute atomic E-state index is 0.156. The second-order valence-electron chi connectivity index (χ2n) is 5.36. The quantitative estimate of drug-likeness (QED) is 0.419. The molecule has 1 saturated heterocycles. The molecule has 1 aliphatic rings. The molecule has 0 aliphatic carbocycles. The third kappa shape index (κ3) is 4.30. The summed E-state index contributed by atoms with van der Waals surface area (Å²) in [5.74, 6) is 3.39. The number of rotatable bonds is 6. The van der Waals surface area contributed by atoms with E-state index in [1.165, 1.54) is 16.7 Å². The van der Waals surface area contributed by atoms with E-state index in [4.69, 9.17) is 28.1 Å². The predicted octanol–water partition coefficient (Wildman–Crippen LogP) is 3.90. The Morgan fingerprint density at radius 2 is 2.19 bits per heavy atom. The number of ether oxygens (including phenoxy) is 2. The van der Waals surface area contributed by atoms with Crippen LogP contribution < -0.4 is 14.4 Å². The zero-order chi connectivity index (χ0) is 19.2. The number of anilines is 1. The van der Waals surface area contributed by atoms with Crippen molar-refractivity contribution in [3.8, 4) is 23.8 Å². The van der Waals surface area contributed by atoms with Gasteiger partial charge < -0.3 is 9.47 Å². The van der Waals surface area contributed by atoms with E-state index in [1.807, 2.05) is 19.1 Å². The fraction of sp³-hybridized carbons (Fsp3) is 0.150. The number of nitrogens with zero attached hydrogens (tertiary/aromatic N) is 2. The van der Waals surface area contributed by atoms with E-state index in [0.717, 1.165) is 5.56 Å². The van der Waals surface area contributed by atoms with E-state index in [9.17, 15) is 4.79 Å². The van der Waals surface area contributed by atoms with Crippen molar-refractivity contribution in [1.29, 1.82) is 0 Å². The van der Waals surface area contributed by atoms with Crippen LogP contribution in [0.2, 0.25) is 0 Å². The summed E-state index contributed by atoms with van der Waals surface area (Å²) in [5, 5.41) is 0. The highest BCUT2D eigenvalue weighted by Gasteiger charge is 2.33. The van der Waals surface area contributed by atoms with Crippen LogP contribution in [0, 0.1) is 12.3 Å². The summed E-state index contributed by atoms with van der Waals surface area (Å²) in [6.45, 7) is 2.53. The Labute approximate surface area is 167 Å². The number of amides is 1. The average Bonchev–Trinajstić information content (AvgIpc) is 2.95. The summed E-state index contributed by atoms with van der Waals surface area (Å²) >= 11 is 6.62. The molecular weight excluding hydrogens is 380 g/mol. The number of terminal acetylenes is 1. The molecule has 0 atom stereocenters. The van der Waals surface area contributed by atoms with Gasteiger partial charge in [0, 0.05) is 6.20 Å². The molecule has 2 heterocycles. The van der Waals surface area contributed by atoms with Gasteiger partial charge in [-0.15, -0.1) is 6.42 Å². The van der Waals surface area contributed by atoms with Gasteiger partial charge in [-0.25, -0.2) is 0 Å². The molecular formula is C20H16N2O3S2. The Morgan fingerprint density at radius 3 is 2.89 bits per heavy atom. The maximum atomic E-state index is 12.8. The molecule has 0 unspecified atom stereocenters. The number of carbonyl (C=O) groups excluding carboxylic acids is 1. The lowest BCUT2D eigenvalue weighted by Gasteiger charge is -2.13. The molecule has 0 radical (unpaired) electrons. The normalized spacial score (nSPS) is 15.1. The third-order valence-corrected chi connectivity index (χ3v) is 4.88. The maximum absolute atomic E-state index is 12.8. The van der Waals surface area contributed by atoms with Crippen molar-refractivity contribution in [2.45, 2.75) is 6.92 Å². The first-order chi connectivity index (χ1) is 13.1. The van der Waals surface area contributed by atoms with Crippen LogP contribution in [0.15, 0.2) is 47.6 Å². The Bertz CT molecular complexity index is 936. The summed E-state index contributed by atoms with van der Waals surface area (Å²) in [6, 6.07) is 8.99. The number of carbonyl (C=O) groups is 1. The molecule has 7 heteroatoms. The molecule has 27 heavy (non-hydrogen) atoms. The van der Waals surface area contributed by atoms with Gasteiger partial charge in [-0.05, 0) is 42.8 Å². The number of thioether (sulfide) groups is 1. The van der Waals surface area contributed by atoms with Crippen LogP contribution in [0.4, 0.5) is 5.69 Å². The lowest BCUT2D eigenvalue weighted by Crippen LogP contribution is -2.27. The average molecular weight is 396 g/mol. The first-order valence-corrected chi connectivity index (χ1v) is 9.37. The van der Waals surface area contributed by atoms with E-state index >= 15 is 0 Å². The van der Waals surface area contributed by atoms with Gasteiger partial charge in [0.15, 0.2) is 15.8 Å². The Kier molecular flexibility index (Phi) is 6.12. The molecule has 1 aromatic carbocycles. The van der Waals surface area contributed by atoms with Gasteiger partial charge in [0.2, 0.25) is 0 Å². The topological polar surface area (TPSA) is 51.7 Å². The molecule has 136 valence electrons. The van der Waals surface area contributed by atoms with Crippen LogP contribution in [0.25, 0.3) is 6.08 Å². The molecule has 1 fully saturated rings. The van der Waals surface area contributed by atoms with Crippen LogP contribution in [0.5, 0.6) is 11.5 Å². The summed E-state index contributed by atoms with van der Waals surface area (Å²) in [7, 11) is 0. The molecule has 0 spiro atoms. The Morgan fingerprint density at radius 1 is 1.33 bits per heavy atom. The van der Waals surface area contributed by atoms with Gasteiger partial charge in [-0.1, -0.05) is 36.0 Å². The van der Waals surface area contributed by atoms with E-state index < -0.39 is 0 Å². The number of pyridine rings is 1. The number of aromatic nitrogens is 1. The molecule has 0 N–H and O–H groups in total. The Hall–Kier alpha value is -2.82. The molecule has 1 aliphatic heterocycles. The maximum Gasteiger partial charge on any atom is 0.270 e. The Balaban J connectivity index is 1.88. The highest BCUT2D eigenvalue weighted by molar-refractivity contribution is 8.27. The number of thiocarbonyl (C=S) groups is 1. The summed E-state index contributed by atoms with van der Waals surface area (Å²) in [6.07, 6.45) is 10.3. The second kappa shape index (κ2) is 8.71. The van der Waals surface area contributed by atoms with E-state index in [2.05, 4.69) is 10.9 Å². The minimum atomic E-state index is -0.177. The number of hydrogen-bond donors (Lipinski definition) is 0. The standard InChI is InChI=1S/C20H16N2O3S2/c1-3-10-25-16-8-7-14(11-17(16)24-4-2)12-18-19(23)22(20(26)27-18)15-6-5-9-21-13-15/h1,5-9,11-13H,4,10H2,2H3/b18-12-. The van der Waals surface area contributed by atoms with Crippen LogP contribution in [-0.2, 0) is 4.79 Å². The first kappa shape index (κ1) is 19.0. The second-order valence-corrected chi connectivity index (χ2v) is 7.04. The molecule has 5 nitrogen and oxygen atoms in total. The lowest BCUT2D eigenvalue weighted by atomic mass is 10.2. The number of benzene rings is 1. The largest absolute Gasteiger partial charge is 0.490 e.